The van der Waals surface area contributed by atoms with E-state index in [4.69, 9.17) is 4.42 Å². The molecule has 32 heavy (non-hydrogen) atoms. The van der Waals surface area contributed by atoms with Gasteiger partial charge in [0.15, 0.2) is 0 Å². The van der Waals surface area contributed by atoms with Crippen LogP contribution in [0.25, 0.3) is 29.7 Å². The van der Waals surface area contributed by atoms with Gasteiger partial charge in [-0.15, -0.1) is 0 Å². The molecule has 160 valence electrons. The van der Waals surface area contributed by atoms with E-state index in [0.717, 1.165) is 5.56 Å². The van der Waals surface area contributed by atoms with Crippen molar-refractivity contribution < 1.29 is 19.2 Å². The molecule has 0 radical (unpaired) electrons. The molecule has 4 aromatic rings. The van der Waals surface area contributed by atoms with Crippen molar-refractivity contribution in [1.82, 2.24) is 9.78 Å². The Bertz CT molecular complexity index is 1540. The van der Waals surface area contributed by atoms with Gasteiger partial charge in [0.1, 0.15) is 11.5 Å². The predicted molar refractivity (Wildman–Crippen MR) is 117 cm³/mol. The van der Waals surface area contributed by atoms with Crippen LogP contribution in [-0.2, 0) is 0 Å². The molecule has 0 spiro atoms. The zero-order chi connectivity index (χ0) is 23.0. The highest BCUT2D eigenvalue weighted by atomic mass is 16.6. The number of non-ortho nitro benzene ring substituents is 1. The molecule has 0 bridgehead atoms. The second-order valence-electron chi connectivity index (χ2n) is 7.10. The highest BCUT2D eigenvalue weighted by molar-refractivity contribution is 5.88. The summed E-state index contributed by atoms with van der Waals surface area (Å²) in [6.45, 7) is 5.67. The normalized spacial score (nSPS) is 11.6. The molecule has 0 saturated heterocycles. The van der Waals surface area contributed by atoms with E-state index in [0.29, 0.717) is 28.1 Å². The Hall–Kier alpha value is -4.66. The molecule has 2 aromatic heterocycles. The number of aromatic nitrogens is 2. The molecule has 0 atom stereocenters. The number of aromatic carboxylic acids is 1. The van der Waals surface area contributed by atoms with Gasteiger partial charge in [0.25, 0.3) is 11.2 Å². The summed E-state index contributed by atoms with van der Waals surface area (Å²) in [7, 11) is 0. The fourth-order valence-electron chi connectivity index (χ4n) is 3.31. The average Bonchev–Trinajstić information content (AvgIpc) is 3.34. The molecule has 2 aromatic carbocycles. The summed E-state index contributed by atoms with van der Waals surface area (Å²) in [6.07, 6.45) is 1.51. The van der Waals surface area contributed by atoms with Gasteiger partial charge in [-0.1, -0.05) is 18.7 Å². The third-order valence-corrected chi connectivity index (χ3v) is 4.97. The lowest BCUT2D eigenvalue weighted by molar-refractivity contribution is -0.384. The van der Waals surface area contributed by atoms with Crippen molar-refractivity contribution in [3.63, 3.8) is 0 Å². The van der Waals surface area contributed by atoms with E-state index >= 15 is 0 Å². The molecular weight excluding hydrogens is 414 g/mol. The van der Waals surface area contributed by atoms with Gasteiger partial charge in [0, 0.05) is 17.7 Å². The number of hydrogen-bond donors (Lipinski definition) is 2. The quantitative estimate of drug-likeness (QED) is 0.369. The lowest BCUT2D eigenvalue weighted by Crippen LogP contribution is -2.33. The Labute approximate surface area is 180 Å². The second kappa shape index (κ2) is 7.88. The van der Waals surface area contributed by atoms with E-state index < -0.39 is 16.5 Å². The predicted octanol–water partition coefficient (Wildman–Crippen LogP) is 2.58. The van der Waals surface area contributed by atoms with Crippen molar-refractivity contribution in [3.05, 3.63) is 103 Å². The number of carboxylic acid groups (broad SMARTS) is 1. The first-order valence-corrected chi connectivity index (χ1v) is 9.45. The molecule has 4 rings (SSSR count). The molecule has 0 aliphatic heterocycles. The third-order valence-electron chi connectivity index (χ3n) is 4.97. The van der Waals surface area contributed by atoms with Crippen molar-refractivity contribution in [2.45, 2.75) is 6.92 Å². The molecule has 0 amide bonds. The number of furan rings is 1. The minimum atomic E-state index is -1.10. The number of aromatic amines is 1. The van der Waals surface area contributed by atoms with Gasteiger partial charge < -0.3 is 9.52 Å². The summed E-state index contributed by atoms with van der Waals surface area (Å²) in [6, 6.07) is 13.8. The van der Waals surface area contributed by atoms with Crippen molar-refractivity contribution >= 4 is 24.3 Å². The largest absolute Gasteiger partial charge is 0.478 e. The minimum absolute atomic E-state index is 0.0446. The van der Waals surface area contributed by atoms with E-state index in [9.17, 15) is 24.8 Å². The number of aryl methyl sites for hydroxylation is 1. The smallest absolute Gasteiger partial charge is 0.335 e. The number of carbonyl (C=O) groups is 1. The highest BCUT2D eigenvalue weighted by Crippen LogP contribution is 2.29. The van der Waals surface area contributed by atoms with Crippen LogP contribution in [0.4, 0.5) is 5.69 Å². The summed E-state index contributed by atoms with van der Waals surface area (Å²) < 4.78 is 7.02. The molecule has 0 fully saturated rings. The number of nitrogens with zero attached hydrogens (tertiary/aromatic N) is 2. The Morgan fingerprint density at radius 1 is 1.22 bits per heavy atom. The Balaban J connectivity index is 1.77. The lowest BCUT2D eigenvalue weighted by atomic mass is 10.1. The van der Waals surface area contributed by atoms with E-state index in [1.165, 1.54) is 35.0 Å². The highest BCUT2D eigenvalue weighted by Gasteiger charge is 2.14. The zero-order valence-electron chi connectivity index (χ0n) is 16.9. The maximum Gasteiger partial charge on any atom is 0.335 e. The van der Waals surface area contributed by atoms with E-state index in [1.807, 2.05) is 6.92 Å². The van der Waals surface area contributed by atoms with Gasteiger partial charge >= 0.3 is 5.97 Å². The van der Waals surface area contributed by atoms with Crippen LogP contribution in [-0.4, -0.2) is 25.8 Å². The maximum absolute atomic E-state index is 12.9. The van der Waals surface area contributed by atoms with Gasteiger partial charge in [-0.3, -0.25) is 20.0 Å². The van der Waals surface area contributed by atoms with Gasteiger partial charge in [-0.2, -0.15) is 0 Å². The van der Waals surface area contributed by atoms with E-state index in [2.05, 4.69) is 11.7 Å². The number of hydrogen-bond acceptors (Lipinski definition) is 5. The monoisotopic (exact) mass is 431 g/mol. The third kappa shape index (κ3) is 3.74. The maximum atomic E-state index is 12.9. The fraction of sp³-hybridized carbons (Fsp3) is 0.0435. The van der Waals surface area contributed by atoms with Crippen LogP contribution in [0.3, 0.4) is 0 Å². The van der Waals surface area contributed by atoms with Gasteiger partial charge in [-0.25, -0.2) is 9.48 Å². The van der Waals surface area contributed by atoms with Gasteiger partial charge in [-0.05, 0) is 48.9 Å². The molecule has 9 heteroatoms. The van der Waals surface area contributed by atoms with Gasteiger partial charge in [0.05, 0.1) is 26.7 Å². The number of H-pyrrole nitrogens is 1. The van der Waals surface area contributed by atoms with Gasteiger partial charge in [0.2, 0.25) is 0 Å². The molecular formula is C23H17N3O6. The summed E-state index contributed by atoms with van der Waals surface area (Å²) in [5, 5.41) is 23.7. The molecule has 9 nitrogen and oxygen atoms in total. The molecule has 2 heterocycles. The average molecular weight is 431 g/mol. The number of nitro benzene ring substituents is 1. The van der Waals surface area contributed by atoms with E-state index in [1.54, 1.807) is 30.3 Å². The number of rotatable bonds is 5. The van der Waals surface area contributed by atoms with E-state index in [-0.39, 0.29) is 16.5 Å². The number of benzene rings is 2. The Morgan fingerprint density at radius 3 is 2.72 bits per heavy atom. The summed E-state index contributed by atoms with van der Waals surface area (Å²) in [5.74, 6) is -0.320. The topological polar surface area (TPSA) is 131 Å². The zero-order valence-corrected chi connectivity index (χ0v) is 16.9. The number of carboxylic acids is 1. The second-order valence-corrected chi connectivity index (χ2v) is 7.10. The minimum Gasteiger partial charge on any atom is -0.478 e. The number of nitrogens with one attached hydrogen (secondary N) is 1. The van der Waals surface area contributed by atoms with Crippen molar-refractivity contribution in [2.24, 2.45) is 0 Å². The van der Waals surface area contributed by atoms with Crippen LogP contribution in [0.5, 0.6) is 0 Å². The van der Waals surface area contributed by atoms with Crippen LogP contribution in [0.2, 0.25) is 0 Å². The first kappa shape index (κ1) is 20.6. The van der Waals surface area contributed by atoms with Crippen LogP contribution in [0, 0.1) is 17.0 Å². The van der Waals surface area contributed by atoms with Crippen LogP contribution in [0.1, 0.15) is 21.7 Å². The molecule has 0 saturated carbocycles. The van der Waals surface area contributed by atoms with Crippen molar-refractivity contribution in [2.75, 3.05) is 0 Å². The Morgan fingerprint density at radius 2 is 2.00 bits per heavy atom. The van der Waals surface area contributed by atoms with Crippen LogP contribution in [0.15, 0.2) is 63.8 Å². The van der Waals surface area contributed by atoms with Crippen LogP contribution >= 0.6 is 0 Å². The summed E-state index contributed by atoms with van der Waals surface area (Å²) in [4.78, 5) is 34.7. The first-order valence-electron chi connectivity index (χ1n) is 9.45. The van der Waals surface area contributed by atoms with Crippen LogP contribution < -0.4 is 16.1 Å². The molecule has 0 unspecified atom stereocenters. The fourth-order valence-corrected chi connectivity index (χ4v) is 3.31. The van der Waals surface area contributed by atoms with Crippen molar-refractivity contribution in [1.29, 1.82) is 0 Å². The standard InChI is InChI=1S/C23H17N3O6/c1-13-6-7-17(26(30)31)11-19(13)21-9-8-18(32-21)12-20-14(2)24-25(22(20)27)16-5-3-4-15(10-16)23(28)29/h3-12,24H,2H2,1H3,(H,28,29)/b20-12-. The Kier molecular flexibility index (Phi) is 5.07. The SMILES string of the molecule is C=c1[nH]n(-c2cccc(C(=O)O)c2)c(=O)/c1=C\c1ccc(-c2cc([N+](=O)[O-])ccc2C)o1. The lowest BCUT2D eigenvalue weighted by Gasteiger charge is -2.02. The molecule has 0 aliphatic carbocycles. The summed E-state index contributed by atoms with van der Waals surface area (Å²) in [5.41, 5.74) is 1.30. The van der Waals surface area contributed by atoms with Crippen molar-refractivity contribution in [3.8, 4) is 17.0 Å². The summed E-state index contributed by atoms with van der Waals surface area (Å²) >= 11 is 0. The first-order chi connectivity index (χ1) is 15.2. The molecule has 0 aliphatic rings. The number of nitro groups is 1. The molecule has 2 N–H and O–H groups in total.